The van der Waals surface area contributed by atoms with Gasteiger partial charge in [0.1, 0.15) is 5.82 Å². The highest BCUT2D eigenvalue weighted by Gasteiger charge is 2.27. The molecule has 0 bridgehead atoms. The molecule has 0 aliphatic heterocycles. The number of hydrogen-bond donors (Lipinski definition) is 1. The van der Waals surface area contributed by atoms with E-state index in [1.807, 2.05) is 0 Å². The molecule has 1 saturated carbocycles. The molecular formula is C17H24FNOS. The minimum absolute atomic E-state index is 0.119. The van der Waals surface area contributed by atoms with Gasteiger partial charge in [-0.15, -0.1) is 11.8 Å². The van der Waals surface area contributed by atoms with Crippen molar-refractivity contribution in [2.75, 3.05) is 5.75 Å². The Morgan fingerprint density at radius 3 is 2.71 bits per heavy atom. The van der Waals surface area contributed by atoms with Crippen LogP contribution >= 0.6 is 11.8 Å². The molecule has 1 aliphatic rings. The monoisotopic (exact) mass is 309 g/mol. The number of thioether (sulfide) groups is 1. The van der Waals surface area contributed by atoms with Gasteiger partial charge in [0, 0.05) is 11.8 Å². The molecule has 1 aliphatic carbocycles. The van der Waals surface area contributed by atoms with Gasteiger partial charge in [-0.2, -0.15) is 0 Å². The van der Waals surface area contributed by atoms with Gasteiger partial charge in [-0.25, -0.2) is 4.39 Å². The smallest absolute Gasteiger partial charge is 0.230 e. The van der Waals surface area contributed by atoms with Gasteiger partial charge in [-0.3, -0.25) is 4.79 Å². The molecule has 1 fully saturated rings. The first-order valence-electron chi connectivity index (χ1n) is 7.68. The zero-order valence-electron chi connectivity index (χ0n) is 12.8. The van der Waals surface area contributed by atoms with Crippen molar-refractivity contribution in [3.8, 4) is 0 Å². The SMILES string of the molecule is CC1CCCC(NC(=O)CSCc2ccc(F)cc2)C1C. The van der Waals surface area contributed by atoms with Gasteiger partial charge in [-0.05, 0) is 36.0 Å². The Kier molecular flexibility index (Phi) is 6.09. The summed E-state index contributed by atoms with van der Waals surface area (Å²) in [6.07, 6.45) is 3.58. The topological polar surface area (TPSA) is 29.1 Å². The van der Waals surface area contributed by atoms with Crippen molar-refractivity contribution in [1.29, 1.82) is 0 Å². The maximum Gasteiger partial charge on any atom is 0.230 e. The number of carbonyl (C=O) groups is 1. The van der Waals surface area contributed by atoms with Crippen LogP contribution in [0.15, 0.2) is 24.3 Å². The zero-order valence-corrected chi connectivity index (χ0v) is 13.6. The number of nitrogens with one attached hydrogen (secondary N) is 1. The van der Waals surface area contributed by atoms with Crippen LogP contribution in [-0.4, -0.2) is 17.7 Å². The maximum atomic E-state index is 12.8. The van der Waals surface area contributed by atoms with Crippen molar-refractivity contribution in [3.63, 3.8) is 0 Å². The summed E-state index contributed by atoms with van der Waals surface area (Å²) in [5.41, 5.74) is 1.05. The fourth-order valence-corrected chi connectivity index (χ4v) is 3.68. The van der Waals surface area contributed by atoms with Crippen LogP contribution in [0.5, 0.6) is 0 Å². The van der Waals surface area contributed by atoms with E-state index >= 15 is 0 Å². The Bertz CT molecular complexity index is 462. The molecule has 3 unspecified atom stereocenters. The van der Waals surface area contributed by atoms with Crippen LogP contribution in [-0.2, 0) is 10.5 Å². The van der Waals surface area contributed by atoms with E-state index in [1.165, 1.54) is 25.0 Å². The summed E-state index contributed by atoms with van der Waals surface area (Å²) < 4.78 is 12.8. The summed E-state index contributed by atoms with van der Waals surface area (Å²) in [6.45, 7) is 4.51. The summed E-state index contributed by atoms with van der Waals surface area (Å²) in [7, 11) is 0. The molecule has 21 heavy (non-hydrogen) atoms. The van der Waals surface area contributed by atoms with Gasteiger partial charge in [0.2, 0.25) is 5.91 Å². The number of rotatable bonds is 5. The lowest BCUT2D eigenvalue weighted by Crippen LogP contribution is -2.44. The van der Waals surface area contributed by atoms with Crippen molar-refractivity contribution >= 4 is 17.7 Å². The number of hydrogen-bond acceptors (Lipinski definition) is 2. The van der Waals surface area contributed by atoms with E-state index in [2.05, 4.69) is 19.2 Å². The van der Waals surface area contributed by atoms with Gasteiger partial charge in [-0.1, -0.05) is 38.8 Å². The molecule has 2 rings (SSSR count). The van der Waals surface area contributed by atoms with Gasteiger partial charge >= 0.3 is 0 Å². The van der Waals surface area contributed by atoms with E-state index in [0.29, 0.717) is 23.6 Å². The third kappa shape index (κ3) is 5.03. The highest BCUT2D eigenvalue weighted by Crippen LogP contribution is 2.29. The first kappa shape index (κ1) is 16.3. The average molecular weight is 309 g/mol. The molecule has 1 N–H and O–H groups in total. The lowest BCUT2D eigenvalue weighted by molar-refractivity contribution is -0.119. The van der Waals surface area contributed by atoms with Crippen LogP contribution in [0.2, 0.25) is 0 Å². The van der Waals surface area contributed by atoms with E-state index < -0.39 is 0 Å². The Morgan fingerprint density at radius 2 is 2.00 bits per heavy atom. The van der Waals surface area contributed by atoms with Crippen molar-refractivity contribution < 1.29 is 9.18 Å². The van der Waals surface area contributed by atoms with Crippen LogP contribution in [0.1, 0.15) is 38.7 Å². The molecule has 3 atom stereocenters. The van der Waals surface area contributed by atoms with Gasteiger partial charge in [0.05, 0.1) is 5.75 Å². The third-order valence-electron chi connectivity index (χ3n) is 4.47. The van der Waals surface area contributed by atoms with Crippen LogP contribution in [0.4, 0.5) is 4.39 Å². The van der Waals surface area contributed by atoms with Crippen LogP contribution in [0.25, 0.3) is 0 Å². The molecule has 1 aromatic rings. The average Bonchev–Trinajstić information content (AvgIpc) is 2.46. The largest absolute Gasteiger partial charge is 0.352 e. The second-order valence-corrected chi connectivity index (χ2v) is 7.05. The normalized spacial score (nSPS) is 25.6. The first-order valence-corrected chi connectivity index (χ1v) is 8.83. The lowest BCUT2D eigenvalue weighted by atomic mass is 9.78. The van der Waals surface area contributed by atoms with Crippen LogP contribution in [0.3, 0.4) is 0 Å². The van der Waals surface area contributed by atoms with E-state index in [-0.39, 0.29) is 11.7 Å². The zero-order chi connectivity index (χ0) is 15.2. The predicted molar refractivity (Wildman–Crippen MR) is 86.7 cm³/mol. The number of amides is 1. The van der Waals surface area contributed by atoms with Crippen molar-refractivity contribution in [1.82, 2.24) is 5.32 Å². The predicted octanol–water partition coefficient (Wildman–Crippen LogP) is 4.00. The summed E-state index contributed by atoms with van der Waals surface area (Å²) >= 11 is 1.58. The van der Waals surface area contributed by atoms with E-state index in [0.717, 1.165) is 17.7 Å². The lowest BCUT2D eigenvalue weighted by Gasteiger charge is -2.34. The summed E-state index contributed by atoms with van der Waals surface area (Å²) in [4.78, 5) is 12.0. The molecular weight excluding hydrogens is 285 g/mol. The molecule has 0 saturated heterocycles. The Hall–Kier alpha value is -1.03. The Morgan fingerprint density at radius 1 is 1.29 bits per heavy atom. The minimum atomic E-state index is -0.220. The second-order valence-electron chi connectivity index (χ2n) is 6.06. The maximum absolute atomic E-state index is 12.8. The van der Waals surface area contributed by atoms with Gasteiger partial charge in [0.25, 0.3) is 0 Å². The highest BCUT2D eigenvalue weighted by atomic mass is 32.2. The molecule has 4 heteroatoms. The van der Waals surface area contributed by atoms with Crippen molar-refractivity contribution in [2.45, 2.75) is 44.9 Å². The van der Waals surface area contributed by atoms with Gasteiger partial charge in [0.15, 0.2) is 0 Å². The fraction of sp³-hybridized carbons (Fsp3) is 0.588. The molecule has 2 nitrogen and oxygen atoms in total. The third-order valence-corrected chi connectivity index (χ3v) is 5.47. The molecule has 0 spiro atoms. The molecule has 0 heterocycles. The van der Waals surface area contributed by atoms with Gasteiger partial charge < -0.3 is 5.32 Å². The Balaban J connectivity index is 1.71. The van der Waals surface area contributed by atoms with Crippen LogP contribution < -0.4 is 5.32 Å². The first-order chi connectivity index (χ1) is 10.1. The van der Waals surface area contributed by atoms with Crippen molar-refractivity contribution in [2.24, 2.45) is 11.8 Å². The highest BCUT2D eigenvalue weighted by molar-refractivity contribution is 7.99. The standard InChI is InChI=1S/C17H24FNOS/c1-12-4-3-5-16(13(12)2)19-17(20)11-21-10-14-6-8-15(18)9-7-14/h6-9,12-13,16H,3-5,10-11H2,1-2H3,(H,19,20). The molecule has 116 valence electrons. The molecule has 0 aromatic heterocycles. The van der Waals surface area contributed by atoms with Crippen molar-refractivity contribution in [3.05, 3.63) is 35.6 Å². The minimum Gasteiger partial charge on any atom is -0.352 e. The second kappa shape index (κ2) is 7.83. The fourth-order valence-electron chi connectivity index (χ4n) is 2.88. The summed E-state index contributed by atoms with van der Waals surface area (Å²) in [6, 6.07) is 6.78. The van der Waals surface area contributed by atoms with E-state index in [4.69, 9.17) is 0 Å². The number of benzene rings is 1. The van der Waals surface area contributed by atoms with E-state index in [9.17, 15) is 9.18 Å². The summed E-state index contributed by atoms with van der Waals surface area (Å²) in [5.74, 6) is 2.36. The Labute approximate surface area is 130 Å². The van der Waals surface area contributed by atoms with E-state index in [1.54, 1.807) is 23.9 Å². The quantitative estimate of drug-likeness (QED) is 0.890. The number of carbonyl (C=O) groups excluding carboxylic acids is 1. The van der Waals surface area contributed by atoms with Crippen LogP contribution in [0, 0.1) is 17.7 Å². The summed E-state index contributed by atoms with van der Waals surface area (Å²) in [5, 5.41) is 3.17. The molecule has 1 amide bonds. The number of halogens is 1. The molecule has 1 aromatic carbocycles. The molecule has 0 radical (unpaired) electrons.